The van der Waals surface area contributed by atoms with Crippen LogP contribution >= 0.6 is 0 Å². The summed E-state index contributed by atoms with van der Waals surface area (Å²) in [7, 11) is 3.97. The van der Waals surface area contributed by atoms with Crippen LogP contribution in [0.1, 0.15) is 31.2 Å². The summed E-state index contributed by atoms with van der Waals surface area (Å²) in [5.74, 6) is 1.00. The van der Waals surface area contributed by atoms with Gasteiger partial charge in [0.1, 0.15) is 0 Å². The van der Waals surface area contributed by atoms with Crippen LogP contribution in [0.15, 0.2) is 48.0 Å². The van der Waals surface area contributed by atoms with Crippen LogP contribution in [-0.4, -0.2) is 38.0 Å². The predicted octanol–water partition coefficient (Wildman–Crippen LogP) is 3.48. The van der Waals surface area contributed by atoms with Crippen molar-refractivity contribution in [2.24, 2.45) is 10.4 Å². The molecule has 1 aliphatic carbocycles. The zero-order valence-electron chi connectivity index (χ0n) is 14.0. The van der Waals surface area contributed by atoms with Gasteiger partial charge in [0.15, 0.2) is 5.96 Å². The minimum absolute atomic E-state index is 0.430. The van der Waals surface area contributed by atoms with Gasteiger partial charge in [-0.05, 0) is 43.1 Å². The maximum atomic E-state index is 4.41. The van der Waals surface area contributed by atoms with Crippen LogP contribution in [0.5, 0.6) is 0 Å². The lowest BCUT2D eigenvalue weighted by Crippen LogP contribution is -2.42. The second-order valence-corrected chi connectivity index (χ2v) is 6.42. The highest BCUT2D eigenvalue weighted by Crippen LogP contribution is 2.47. The van der Waals surface area contributed by atoms with E-state index in [0.29, 0.717) is 5.41 Å². The van der Waals surface area contributed by atoms with Crippen LogP contribution < -0.4 is 5.32 Å². The maximum Gasteiger partial charge on any atom is 0.193 e. The van der Waals surface area contributed by atoms with Gasteiger partial charge in [-0.25, -0.2) is 0 Å². The van der Waals surface area contributed by atoms with Crippen molar-refractivity contribution in [1.29, 1.82) is 0 Å². The Kier molecular flexibility index (Phi) is 6.05. The van der Waals surface area contributed by atoms with Gasteiger partial charge in [-0.3, -0.25) is 4.99 Å². The van der Waals surface area contributed by atoms with Crippen molar-refractivity contribution in [3.05, 3.63) is 48.6 Å². The molecule has 0 bridgehead atoms. The molecule has 0 amide bonds. The molecule has 1 saturated carbocycles. The summed E-state index contributed by atoms with van der Waals surface area (Å²) in [6, 6.07) is 10.8. The van der Waals surface area contributed by atoms with E-state index in [1.807, 2.05) is 13.1 Å². The summed E-state index contributed by atoms with van der Waals surface area (Å²) in [6.07, 6.45) is 7.94. The van der Waals surface area contributed by atoms with Gasteiger partial charge in [0, 0.05) is 27.2 Å². The normalized spacial score (nSPS) is 16.2. The van der Waals surface area contributed by atoms with Crippen LogP contribution in [0, 0.1) is 5.41 Å². The summed E-state index contributed by atoms with van der Waals surface area (Å²) in [4.78, 5) is 6.62. The molecule has 1 aliphatic rings. The van der Waals surface area contributed by atoms with Crippen molar-refractivity contribution < 1.29 is 0 Å². The number of rotatable bonds is 8. The summed E-state index contributed by atoms with van der Waals surface area (Å²) in [5, 5.41) is 3.57. The second-order valence-electron chi connectivity index (χ2n) is 6.42. The lowest BCUT2D eigenvalue weighted by atomic mass is 9.96. The Labute approximate surface area is 135 Å². The molecule has 0 saturated heterocycles. The molecule has 120 valence electrons. The largest absolute Gasteiger partial charge is 0.356 e. The Balaban J connectivity index is 1.81. The highest BCUT2D eigenvalue weighted by atomic mass is 15.3. The number of guanidine groups is 1. The Morgan fingerprint density at radius 3 is 2.68 bits per heavy atom. The van der Waals surface area contributed by atoms with Gasteiger partial charge < -0.3 is 10.2 Å². The summed E-state index contributed by atoms with van der Waals surface area (Å²) >= 11 is 0. The summed E-state index contributed by atoms with van der Waals surface area (Å²) < 4.78 is 0. The van der Waals surface area contributed by atoms with E-state index in [1.54, 1.807) is 0 Å². The average molecular weight is 299 g/mol. The first-order valence-electron chi connectivity index (χ1n) is 8.26. The molecule has 0 spiro atoms. The van der Waals surface area contributed by atoms with Gasteiger partial charge in [0.05, 0.1) is 0 Å². The Hall–Kier alpha value is -1.77. The molecular weight excluding hydrogens is 270 g/mol. The molecule has 3 heteroatoms. The van der Waals surface area contributed by atoms with Gasteiger partial charge in [-0.2, -0.15) is 0 Å². The fraction of sp³-hybridized carbons (Fsp3) is 0.526. The Morgan fingerprint density at radius 1 is 1.36 bits per heavy atom. The zero-order valence-corrected chi connectivity index (χ0v) is 14.0. The number of nitrogens with one attached hydrogen (secondary N) is 1. The van der Waals surface area contributed by atoms with Gasteiger partial charge >= 0.3 is 0 Å². The van der Waals surface area contributed by atoms with Crippen molar-refractivity contribution in [1.82, 2.24) is 10.2 Å². The lowest BCUT2D eigenvalue weighted by Gasteiger charge is -2.24. The monoisotopic (exact) mass is 299 g/mol. The number of aliphatic imine (C=N–C) groups is 1. The fourth-order valence-electron chi connectivity index (χ4n) is 2.85. The predicted molar refractivity (Wildman–Crippen MR) is 95.2 cm³/mol. The van der Waals surface area contributed by atoms with Gasteiger partial charge in [0.25, 0.3) is 0 Å². The highest BCUT2D eigenvalue weighted by Gasteiger charge is 2.42. The van der Waals surface area contributed by atoms with E-state index in [-0.39, 0.29) is 0 Å². The minimum atomic E-state index is 0.430. The standard InChI is InChI=1S/C19H29N3/c1-4-5-9-14-22(3)18(20-2)21-16-19(12-13-19)15-17-10-7-6-8-11-17/h4,6-8,10-11H,1,5,9,12-16H2,2-3H3,(H,20,21). The number of hydrogen-bond acceptors (Lipinski definition) is 1. The van der Waals surface area contributed by atoms with Crippen LogP contribution in [0.3, 0.4) is 0 Å². The SMILES string of the molecule is C=CCCCN(C)C(=NC)NCC1(Cc2ccccc2)CC1. The molecule has 2 rings (SSSR count). The lowest BCUT2D eigenvalue weighted by molar-refractivity contribution is 0.440. The molecular formula is C19H29N3. The average Bonchev–Trinajstić information content (AvgIpc) is 3.29. The zero-order chi connectivity index (χ0) is 15.8. The van der Waals surface area contributed by atoms with Crippen LogP contribution in [0.4, 0.5) is 0 Å². The molecule has 1 N–H and O–H groups in total. The van der Waals surface area contributed by atoms with Crippen molar-refractivity contribution in [2.45, 2.75) is 32.1 Å². The first kappa shape index (κ1) is 16.6. The number of hydrogen-bond donors (Lipinski definition) is 1. The third kappa shape index (κ3) is 4.90. The Morgan fingerprint density at radius 2 is 2.09 bits per heavy atom. The molecule has 0 atom stereocenters. The number of nitrogens with zero attached hydrogens (tertiary/aromatic N) is 2. The first-order chi connectivity index (χ1) is 10.7. The van der Waals surface area contributed by atoms with Crippen molar-refractivity contribution >= 4 is 5.96 Å². The van der Waals surface area contributed by atoms with Gasteiger partial charge in [-0.1, -0.05) is 36.4 Å². The van der Waals surface area contributed by atoms with Crippen LogP contribution in [0.25, 0.3) is 0 Å². The molecule has 0 aliphatic heterocycles. The quantitative estimate of drug-likeness (QED) is 0.344. The highest BCUT2D eigenvalue weighted by molar-refractivity contribution is 5.79. The van der Waals surface area contributed by atoms with E-state index in [4.69, 9.17) is 0 Å². The molecule has 22 heavy (non-hydrogen) atoms. The van der Waals surface area contributed by atoms with E-state index >= 15 is 0 Å². The third-order valence-corrected chi connectivity index (χ3v) is 4.48. The fourth-order valence-corrected chi connectivity index (χ4v) is 2.85. The smallest absolute Gasteiger partial charge is 0.193 e. The maximum absolute atomic E-state index is 4.41. The number of benzene rings is 1. The van der Waals surface area contributed by atoms with Gasteiger partial charge in [0.2, 0.25) is 0 Å². The van der Waals surface area contributed by atoms with E-state index < -0.39 is 0 Å². The van der Waals surface area contributed by atoms with Crippen molar-refractivity contribution in [3.63, 3.8) is 0 Å². The van der Waals surface area contributed by atoms with Crippen LogP contribution in [0.2, 0.25) is 0 Å². The minimum Gasteiger partial charge on any atom is -0.356 e. The van der Waals surface area contributed by atoms with E-state index in [2.05, 4.69) is 59.2 Å². The molecule has 1 aromatic carbocycles. The summed E-state index contributed by atoms with van der Waals surface area (Å²) in [5.41, 5.74) is 1.87. The number of unbranched alkanes of at least 4 members (excludes halogenated alkanes) is 1. The molecule has 0 radical (unpaired) electrons. The molecule has 1 fully saturated rings. The van der Waals surface area contributed by atoms with Crippen molar-refractivity contribution in [2.75, 3.05) is 27.2 Å². The first-order valence-corrected chi connectivity index (χ1v) is 8.26. The van der Waals surface area contributed by atoms with E-state index in [9.17, 15) is 0 Å². The molecule has 3 nitrogen and oxygen atoms in total. The van der Waals surface area contributed by atoms with E-state index in [1.165, 1.54) is 18.4 Å². The van der Waals surface area contributed by atoms with Gasteiger partial charge in [-0.15, -0.1) is 6.58 Å². The summed E-state index contributed by atoms with van der Waals surface area (Å²) in [6.45, 7) is 5.80. The van der Waals surface area contributed by atoms with Crippen LogP contribution in [-0.2, 0) is 6.42 Å². The topological polar surface area (TPSA) is 27.6 Å². The Bertz CT molecular complexity index is 489. The molecule has 1 aromatic rings. The van der Waals surface area contributed by atoms with Crippen molar-refractivity contribution in [3.8, 4) is 0 Å². The molecule has 0 aromatic heterocycles. The number of allylic oxidation sites excluding steroid dienone is 1. The van der Waals surface area contributed by atoms with E-state index in [0.717, 1.165) is 38.3 Å². The second kappa shape index (κ2) is 8.02. The molecule has 0 heterocycles. The third-order valence-electron chi connectivity index (χ3n) is 4.48. The molecule has 0 unspecified atom stereocenters.